The number of hydrogen-bond donors (Lipinski definition) is 0. The Kier molecular flexibility index (Phi) is 2.99. The zero-order valence-electron chi connectivity index (χ0n) is 9.96. The summed E-state index contributed by atoms with van der Waals surface area (Å²) in [4.78, 5) is 2.38. The number of benzene rings is 2. The van der Waals surface area contributed by atoms with Gasteiger partial charge in [-0.2, -0.15) is 0 Å². The number of ether oxygens (including phenoxy) is 1. The van der Waals surface area contributed by atoms with Crippen molar-refractivity contribution in [3.05, 3.63) is 60.3 Å². The van der Waals surface area contributed by atoms with Crippen molar-refractivity contribution < 1.29 is 4.74 Å². The van der Waals surface area contributed by atoms with E-state index in [1.165, 1.54) is 4.90 Å². The third-order valence-electron chi connectivity index (χ3n) is 2.76. The van der Waals surface area contributed by atoms with Gasteiger partial charge in [-0.3, -0.25) is 5.32 Å². The smallest absolute Gasteiger partial charge is 0.119 e. The van der Waals surface area contributed by atoms with Crippen molar-refractivity contribution in [3.63, 3.8) is 0 Å². The number of fused-ring (bicyclic) bond motifs is 1. The summed E-state index contributed by atoms with van der Waals surface area (Å²) in [6.45, 7) is 0. The van der Waals surface area contributed by atoms with Crippen LogP contribution >= 0.6 is 11.8 Å². The quantitative estimate of drug-likeness (QED) is 0.825. The second kappa shape index (κ2) is 4.78. The Balaban J connectivity index is 1.89. The number of methoxy groups -OCH3 is 1. The third kappa shape index (κ3) is 2.09. The molecule has 1 aliphatic heterocycles. The molecule has 89 valence electrons. The largest absolute Gasteiger partial charge is 0.497 e. The molecule has 2 nitrogen and oxygen atoms in total. The average Bonchev–Trinajstić information content (AvgIpc) is 2.82. The predicted molar refractivity (Wildman–Crippen MR) is 75.1 cm³/mol. The summed E-state index contributed by atoms with van der Waals surface area (Å²) in [6, 6.07) is 16.3. The summed E-state index contributed by atoms with van der Waals surface area (Å²) in [6.07, 6.45) is 1.92. The number of hydrogen-bond acceptors (Lipinski definition) is 2. The zero-order chi connectivity index (χ0) is 12.4. The van der Waals surface area contributed by atoms with Gasteiger partial charge in [-0.05, 0) is 30.3 Å². The minimum absolute atomic E-state index is 0.866. The van der Waals surface area contributed by atoms with Gasteiger partial charge in [0.1, 0.15) is 5.75 Å². The molecule has 1 heterocycles. The molecular formula is C15H12NOS. The fourth-order valence-electron chi connectivity index (χ4n) is 1.85. The summed E-state index contributed by atoms with van der Waals surface area (Å²) in [5.74, 6) is 0.866. The van der Waals surface area contributed by atoms with Gasteiger partial charge < -0.3 is 4.74 Å². The van der Waals surface area contributed by atoms with E-state index in [2.05, 4.69) is 17.4 Å². The fraction of sp³-hybridized carbons (Fsp3) is 0.0667. The van der Waals surface area contributed by atoms with Gasteiger partial charge in [-0.25, -0.2) is 0 Å². The predicted octanol–water partition coefficient (Wildman–Crippen LogP) is 4.04. The minimum atomic E-state index is 0.866. The lowest BCUT2D eigenvalue weighted by Gasteiger charge is -2.06. The van der Waals surface area contributed by atoms with E-state index in [4.69, 9.17) is 4.74 Å². The molecule has 0 aliphatic carbocycles. The van der Waals surface area contributed by atoms with Gasteiger partial charge in [-0.15, -0.1) is 0 Å². The standard InChI is InChI=1S/C15H12NOS/c1-17-11-7-8-14-13(9-11)15(10-16-14)18-12-5-3-2-4-6-12/h2-10H,1H3. The van der Waals surface area contributed by atoms with E-state index in [9.17, 15) is 0 Å². The second-order valence-corrected chi connectivity index (χ2v) is 5.04. The van der Waals surface area contributed by atoms with E-state index in [1.54, 1.807) is 18.9 Å². The van der Waals surface area contributed by atoms with E-state index in [-0.39, 0.29) is 0 Å². The summed E-state index contributed by atoms with van der Waals surface area (Å²) < 4.78 is 5.26. The lowest BCUT2D eigenvalue weighted by atomic mass is 10.2. The molecule has 0 bridgehead atoms. The highest BCUT2D eigenvalue weighted by molar-refractivity contribution is 8.08. The number of nitrogens with zero attached hydrogens (tertiary/aromatic N) is 1. The average molecular weight is 254 g/mol. The van der Waals surface area contributed by atoms with Gasteiger partial charge in [0.25, 0.3) is 0 Å². The maximum Gasteiger partial charge on any atom is 0.119 e. The van der Waals surface area contributed by atoms with Crippen LogP contribution < -0.4 is 10.1 Å². The first-order chi connectivity index (χ1) is 8.86. The molecule has 3 heteroatoms. The maximum absolute atomic E-state index is 5.26. The minimum Gasteiger partial charge on any atom is -0.497 e. The Hall–Kier alpha value is -1.87. The van der Waals surface area contributed by atoms with Crippen LogP contribution in [-0.4, -0.2) is 7.11 Å². The van der Waals surface area contributed by atoms with Gasteiger partial charge >= 0.3 is 0 Å². The van der Waals surface area contributed by atoms with Crippen LogP contribution in [0, 0.1) is 0 Å². The van der Waals surface area contributed by atoms with E-state index in [0.717, 1.165) is 21.9 Å². The first-order valence-corrected chi connectivity index (χ1v) is 6.51. The van der Waals surface area contributed by atoms with E-state index < -0.39 is 0 Å². The van der Waals surface area contributed by atoms with E-state index in [0.29, 0.717) is 0 Å². The van der Waals surface area contributed by atoms with Crippen molar-refractivity contribution in [2.75, 3.05) is 7.11 Å². The molecule has 0 fully saturated rings. The molecule has 1 aliphatic rings. The Morgan fingerprint density at radius 3 is 2.67 bits per heavy atom. The second-order valence-electron chi connectivity index (χ2n) is 3.92. The molecule has 2 aromatic carbocycles. The van der Waals surface area contributed by atoms with Crippen molar-refractivity contribution in [1.29, 1.82) is 0 Å². The zero-order valence-corrected chi connectivity index (χ0v) is 10.8. The number of rotatable bonds is 3. The molecular weight excluding hydrogens is 242 g/mol. The first kappa shape index (κ1) is 11.2. The summed E-state index contributed by atoms with van der Waals surface area (Å²) in [5.41, 5.74) is 2.15. The maximum atomic E-state index is 5.26. The molecule has 0 N–H and O–H groups in total. The highest BCUT2D eigenvalue weighted by Crippen LogP contribution is 2.42. The van der Waals surface area contributed by atoms with E-state index >= 15 is 0 Å². The van der Waals surface area contributed by atoms with Crippen LogP contribution in [0.4, 0.5) is 5.69 Å². The van der Waals surface area contributed by atoms with Crippen LogP contribution in [0.5, 0.6) is 5.75 Å². The third-order valence-corrected chi connectivity index (χ3v) is 3.81. The van der Waals surface area contributed by atoms with Crippen molar-refractivity contribution in [2.24, 2.45) is 0 Å². The van der Waals surface area contributed by atoms with E-state index in [1.807, 2.05) is 42.6 Å². The molecule has 0 saturated carbocycles. The Labute approximate surface area is 111 Å². The molecule has 2 aromatic rings. The van der Waals surface area contributed by atoms with Crippen molar-refractivity contribution in [3.8, 4) is 5.75 Å². The molecule has 1 radical (unpaired) electrons. The first-order valence-electron chi connectivity index (χ1n) is 5.69. The summed E-state index contributed by atoms with van der Waals surface area (Å²) in [7, 11) is 1.68. The molecule has 0 aromatic heterocycles. The normalized spacial score (nSPS) is 12.6. The van der Waals surface area contributed by atoms with Crippen LogP contribution in [0.1, 0.15) is 5.56 Å². The van der Waals surface area contributed by atoms with Crippen LogP contribution in [0.25, 0.3) is 4.91 Å². The van der Waals surface area contributed by atoms with Crippen LogP contribution in [0.15, 0.2) is 59.6 Å². The van der Waals surface area contributed by atoms with Crippen molar-refractivity contribution in [2.45, 2.75) is 4.90 Å². The van der Waals surface area contributed by atoms with Gasteiger partial charge in [-0.1, -0.05) is 30.0 Å². The number of thioether (sulfide) groups is 1. The molecule has 0 saturated heterocycles. The highest BCUT2D eigenvalue weighted by atomic mass is 32.2. The van der Waals surface area contributed by atoms with Gasteiger partial charge in [0.05, 0.1) is 12.8 Å². The Bertz CT molecular complexity index is 593. The SMILES string of the molecule is COc1ccc2c(c1)C(Sc1ccccc1)=C[N]2. The lowest BCUT2D eigenvalue weighted by molar-refractivity contribution is 0.415. The molecule has 18 heavy (non-hydrogen) atoms. The molecule has 0 unspecified atom stereocenters. The van der Waals surface area contributed by atoms with Gasteiger partial charge in [0.2, 0.25) is 0 Å². The fourth-order valence-corrected chi connectivity index (χ4v) is 2.77. The van der Waals surface area contributed by atoms with Crippen molar-refractivity contribution in [1.82, 2.24) is 5.32 Å². The van der Waals surface area contributed by atoms with Gasteiger partial charge in [0.15, 0.2) is 0 Å². The highest BCUT2D eigenvalue weighted by Gasteiger charge is 2.17. The molecule has 0 spiro atoms. The van der Waals surface area contributed by atoms with Crippen LogP contribution in [-0.2, 0) is 0 Å². The summed E-state index contributed by atoms with van der Waals surface area (Å²) >= 11 is 1.72. The Morgan fingerprint density at radius 2 is 1.89 bits per heavy atom. The van der Waals surface area contributed by atoms with Crippen LogP contribution in [0.2, 0.25) is 0 Å². The molecule has 0 amide bonds. The topological polar surface area (TPSA) is 23.3 Å². The van der Waals surface area contributed by atoms with Crippen molar-refractivity contribution >= 4 is 22.4 Å². The van der Waals surface area contributed by atoms with Gasteiger partial charge in [0, 0.05) is 21.6 Å². The monoisotopic (exact) mass is 254 g/mol. The van der Waals surface area contributed by atoms with Crippen LogP contribution in [0.3, 0.4) is 0 Å². The molecule has 3 rings (SSSR count). The summed E-state index contributed by atoms with van der Waals surface area (Å²) in [5, 5.41) is 4.41. The Morgan fingerprint density at radius 1 is 1.06 bits per heavy atom. The molecule has 0 atom stereocenters. The lowest BCUT2D eigenvalue weighted by Crippen LogP contribution is -1.86.